The first-order valence-electron chi connectivity index (χ1n) is 4.11. The molecule has 1 N–H and O–H groups in total. The van der Waals surface area contributed by atoms with Gasteiger partial charge in [0.2, 0.25) is 0 Å². The molecular formula is C9H6N2O3S. The third-order valence-electron chi connectivity index (χ3n) is 1.89. The molecule has 76 valence electrons. The summed E-state index contributed by atoms with van der Waals surface area (Å²) >= 11 is 4.75. The van der Waals surface area contributed by atoms with Gasteiger partial charge in [0, 0.05) is 12.3 Å². The minimum absolute atomic E-state index is 0.00440. The molecule has 0 atom stereocenters. The summed E-state index contributed by atoms with van der Waals surface area (Å²) in [5, 5.41) is 10.7. The topological polar surface area (TPSA) is 72.1 Å². The Morgan fingerprint density at radius 1 is 1.40 bits per heavy atom. The molecule has 0 aliphatic carbocycles. The Balaban J connectivity index is 2.62. The van der Waals surface area contributed by atoms with Crippen molar-refractivity contribution >= 4 is 17.9 Å². The number of oxazole rings is 1. The van der Waals surface area contributed by atoms with Gasteiger partial charge in [-0.3, -0.25) is 10.1 Å². The molecular weight excluding hydrogens is 216 g/mol. The van der Waals surface area contributed by atoms with Crippen LogP contribution in [0.25, 0.3) is 11.3 Å². The van der Waals surface area contributed by atoms with Gasteiger partial charge in [-0.15, -0.1) is 0 Å². The summed E-state index contributed by atoms with van der Waals surface area (Å²) in [4.78, 5) is 13.1. The predicted octanol–water partition coefficient (Wildman–Crippen LogP) is 2.91. The number of nitrogens with zero attached hydrogens (tertiary/aromatic N) is 1. The lowest BCUT2D eigenvalue weighted by atomic mass is 10.1. The molecule has 0 aliphatic heterocycles. The summed E-state index contributed by atoms with van der Waals surface area (Å²) in [7, 11) is 0. The summed E-state index contributed by atoms with van der Waals surface area (Å²) in [5.74, 6) is 0.368. The van der Waals surface area contributed by atoms with Crippen molar-refractivity contribution in [1.82, 2.24) is 4.98 Å². The molecule has 1 aromatic heterocycles. The lowest BCUT2D eigenvalue weighted by Crippen LogP contribution is -1.90. The fourth-order valence-electron chi connectivity index (χ4n) is 1.26. The molecule has 0 amide bonds. The molecule has 0 fully saturated rings. The van der Waals surface area contributed by atoms with E-state index in [-0.39, 0.29) is 10.5 Å². The maximum Gasteiger partial charge on any atom is 0.280 e. The second-order valence-electron chi connectivity index (χ2n) is 2.82. The van der Waals surface area contributed by atoms with Crippen molar-refractivity contribution in [3.63, 3.8) is 0 Å². The molecule has 2 aromatic rings. The van der Waals surface area contributed by atoms with Crippen molar-refractivity contribution in [2.24, 2.45) is 0 Å². The van der Waals surface area contributed by atoms with Crippen LogP contribution < -0.4 is 0 Å². The monoisotopic (exact) mass is 222 g/mol. The third kappa shape index (κ3) is 1.79. The second-order valence-corrected chi connectivity index (χ2v) is 3.19. The van der Waals surface area contributed by atoms with E-state index in [1.165, 1.54) is 12.3 Å². The van der Waals surface area contributed by atoms with Gasteiger partial charge in [0.25, 0.3) is 10.5 Å². The standard InChI is InChI=1S/C9H6N2O3S/c12-11(13)7-4-2-1-3-6(7)8-5-10-9(15)14-8/h1-5H,(H,10,15). The average Bonchev–Trinajstić information content (AvgIpc) is 2.65. The Morgan fingerprint density at radius 3 is 2.73 bits per heavy atom. The number of hydrogen-bond acceptors (Lipinski definition) is 4. The van der Waals surface area contributed by atoms with Crippen molar-refractivity contribution in [2.75, 3.05) is 0 Å². The van der Waals surface area contributed by atoms with Crippen molar-refractivity contribution in [3.05, 3.63) is 45.4 Å². The molecule has 2 rings (SSSR count). The van der Waals surface area contributed by atoms with Gasteiger partial charge < -0.3 is 9.40 Å². The Kier molecular flexibility index (Phi) is 2.34. The largest absolute Gasteiger partial charge is 0.429 e. The van der Waals surface area contributed by atoms with Crippen LogP contribution in [0.3, 0.4) is 0 Å². The Hall–Kier alpha value is -1.95. The zero-order valence-electron chi connectivity index (χ0n) is 7.47. The number of aromatic amines is 1. The first-order valence-corrected chi connectivity index (χ1v) is 4.51. The van der Waals surface area contributed by atoms with Crippen LogP contribution in [-0.2, 0) is 0 Å². The minimum Gasteiger partial charge on any atom is -0.429 e. The minimum atomic E-state index is -0.457. The highest BCUT2D eigenvalue weighted by Gasteiger charge is 2.16. The molecule has 0 aliphatic rings. The Bertz CT molecular complexity index is 558. The van der Waals surface area contributed by atoms with Crippen LogP contribution >= 0.6 is 12.2 Å². The Morgan fingerprint density at radius 2 is 2.13 bits per heavy atom. The van der Waals surface area contributed by atoms with Crippen LogP contribution in [0.15, 0.2) is 34.9 Å². The molecule has 0 unspecified atom stereocenters. The van der Waals surface area contributed by atoms with Crippen molar-refractivity contribution in [3.8, 4) is 11.3 Å². The van der Waals surface area contributed by atoms with Crippen molar-refractivity contribution in [1.29, 1.82) is 0 Å². The number of nitro benzene ring substituents is 1. The SMILES string of the molecule is O=[N+]([O-])c1ccccc1-c1c[nH]c(=S)o1. The molecule has 0 radical (unpaired) electrons. The predicted molar refractivity (Wildman–Crippen MR) is 56.0 cm³/mol. The fourth-order valence-corrected chi connectivity index (χ4v) is 1.41. The first-order chi connectivity index (χ1) is 7.18. The number of nitro groups is 1. The van der Waals surface area contributed by atoms with Gasteiger partial charge in [-0.25, -0.2) is 0 Å². The molecule has 1 aromatic carbocycles. The first kappa shape index (κ1) is 9.60. The summed E-state index contributed by atoms with van der Waals surface area (Å²) in [6.45, 7) is 0. The zero-order chi connectivity index (χ0) is 10.8. The molecule has 0 bridgehead atoms. The molecule has 1 heterocycles. The highest BCUT2D eigenvalue weighted by atomic mass is 32.1. The van der Waals surface area contributed by atoms with Gasteiger partial charge in [0.05, 0.1) is 10.5 Å². The molecule has 5 nitrogen and oxygen atoms in total. The van der Waals surface area contributed by atoms with E-state index in [9.17, 15) is 10.1 Å². The third-order valence-corrected chi connectivity index (χ3v) is 2.09. The summed E-state index contributed by atoms with van der Waals surface area (Å²) in [6.07, 6.45) is 1.50. The summed E-state index contributed by atoms with van der Waals surface area (Å²) in [6, 6.07) is 6.33. The second kappa shape index (κ2) is 3.66. The lowest BCUT2D eigenvalue weighted by molar-refractivity contribution is -0.384. The maximum atomic E-state index is 10.7. The van der Waals surface area contributed by atoms with E-state index in [2.05, 4.69) is 4.98 Å². The van der Waals surface area contributed by atoms with Gasteiger partial charge in [-0.1, -0.05) is 12.1 Å². The number of benzene rings is 1. The smallest absolute Gasteiger partial charge is 0.280 e. The highest BCUT2D eigenvalue weighted by molar-refractivity contribution is 7.71. The zero-order valence-corrected chi connectivity index (χ0v) is 8.28. The van der Waals surface area contributed by atoms with E-state index >= 15 is 0 Å². The fraction of sp³-hybridized carbons (Fsp3) is 0. The molecule has 0 saturated carbocycles. The van der Waals surface area contributed by atoms with Crippen LogP contribution in [0.5, 0.6) is 0 Å². The maximum absolute atomic E-state index is 10.7. The average molecular weight is 222 g/mol. The normalized spacial score (nSPS) is 10.1. The number of nitrogens with one attached hydrogen (secondary N) is 1. The van der Waals surface area contributed by atoms with E-state index in [0.717, 1.165) is 0 Å². The molecule has 15 heavy (non-hydrogen) atoms. The number of H-pyrrole nitrogens is 1. The van der Waals surface area contributed by atoms with Crippen molar-refractivity contribution in [2.45, 2.75) is 0 Å². The van der Waals surface area contributed by atoms with Crippen LogP contribution in [0.4, 0.5) is 5.69 Å². The van der Waals surface area contributed by atoms with Crippen LogP contribution in [0, 0.1) is 15.0 Å². The van der Waals surface area contributed by atoms with Gasteiger partial charge in [-0.05, 0) is 18.3 Å². The lowest BCUT2D eigenvalue weighted by Gasteiger charge is -1.97. The van der Waals surface area contributed by atoms with E-state index < -0.39 is 4.92 Å². The van der Waals surface area contributed by atoms with Gasteiger partial charge in [0.15, 0.2) is 5.76 Å². The Labute approximate surface area is 89.5 Å². The van der Waals surface area contributed by atoms with Crippen LogP contribution in [0.1, 0.15) is 0 Å². The number of hydrogen-bond donors (Lipinski definition) is 1. The van der Waals surface area contributed by atoms with Gasteiger partial charge >= 0.3 is 0 Å². The number of aromatic nitrogens is 1. The quantitative estimate of drug-likeness (QED) is 0.481. The highest BCUT2D eigenvalue weighted by Crippen LogP contribution is 2.28. The van der Waals surface area contributed by atoms with E-state index in [1.54, 1.807) is 18.2 Å². The van der Waals surface area contributed by atoms with Crippen LogP contribution in [0.2, 0.25) is 0 Å². The summed E-state index contributed by atoms with van der Waals surface area (Å²) in [5.41, 5.74) is 0.408. The molecule has 6 heteroatoms. The molecule has 0 spiro atoms. The van der Waals surface area contributed by atoms with Gasteiger partial charge in [0.1, 0.15) is 0 Å². The number of para-hydroxylation sites is 1. The van der Waals surface area contributed by atoms with Gasteiger partial charge in [-0.2, -0.15) is 0 Å². The van der Waals surface area contributed by atoms with E-state index in [1.807, 2.05) is 0 Å². The molecule has 0 saturated heterocycles. The van der Waals surface area contributed by atoms with E-state index in [4.69, 9.17) is 16.6 Å². The summed E-state index contributed by atoms with van der Waals surface area (Å²) < 4.78 is 5.12. The van der Waals surface area contributed by atoms with Crippen molar-refractivity contribution < 1.29 is 9.34 Å². The number of rotatable bonds is 2. The van der Waals surface area contributed by atoms with E-state index in [0.29, 0.717) is 11.3 Å². The van der Waals surface area contributed by atoms with Crippen LogP contribution in [-0.4, -0.2) is 9.91 Å².